The zero-order chi connectivity index (χ0) is 15.3. The van der Waals surface area contributed by atoms with Gasteiger partial charge in [-0.05, 0) is 36.5 Å². The topological polar surface area (TPSA) is 27.7 Å². The minimum Gasteiger partial charge on any atom is -0.382 e. The van der Waals surface area contributed by atoms with E-state index in [0.717, 1.165) is 29.8 Å². The van der Waals surface area contributed by atoms with Crippen molar-refractivity contribution in [3.8, 4) is 0 Å². The zero-order valence-electron chi connectivity index (χ0n) is 12.5. The van der Waals surface area contributed by atoms with Crippen molar-refractivity contribution in [2.24, 2.45) is 5.92 Å². The molecule has 0 aliphatic rings. The van der Waals surface area contributed by atoms with Gasteiger partial charge in [0.25, 0.3) is 0 Å². The molecule has 1 aromatic rings. The third kappa shape index (κ3) is 9.48. The van der Waals surface area contributed by atoms with Crippen molar-refractivity contribution < 1.29 is 14.2 Å². The predicted octanol–water partition coefficient (Wildman–Crippen LogP) is 3.96. The molecular formula is C16H24BrClO3. The number of rotatable bonds is 12. The minimum atomic E-state index is 0.554. The van der Waals surface area contributed by atoms with Crippen LogP contribution < -0.4 is 0 Å². The minimum absolute atomic E-state index is 0.554. The molecule has 120 valence electrons. The van der Waals surface area contributed by atoms with Crippen molar-refractivity contribution in [1.82, 2.24) is 0 Å². The Morgan fingerprint density at radius 2 is 1.81 bits per heavy atom. The summed E-state index contributed by atoms with van der Waals surface area (Å²) in [5.41, 5.74) is 1.27. The van der Waals surface area contributed by atoms with Crippen LogP contribution in [-0.4, -0.2) is 45.5 Å². The molecule has 0 spiro atoms. The van der Waals surface area contributed by atoms with Crippen LogP contribution in [0.3, 0.4) is 0 Å². The molecule has 0 heterocycles. The summed E-state index contributed by atoms with van der Waals surface area (Å²) in [7, 11) is 1.67. The molecule has 5 heteroatoms. The summed E-state index contributed by atoms with van der Waals surface area (Å²) in [5.74, 6) is 0.554. The number of ether oxygens (including phenoxy) is 3. The highest BCUT2D eigenvalue weighted by Crippen LogP contribution is 2.18. The Morgan fingerprint density at radius 3 is 2.48 bits per heavy atom. The molecule has 0 aliphatic heterocycles. The molecule has 0 bridgehead atoms. The van der Waals surface area contributed by atoms with Crippen LogP contribution in [0.2, 0.25) is 5.02 Å². The Kier molecular flexibility index (Phi) is 11.2. The van der Waals surface area contributed by atoms with Gasteiger partial charge in [-0.25, -0.2) is 0 Å². The standard InChI is InChI=1S/C16H24BrClO3/c1-19-7-8-21-10-9-20-6-5-15(13-17)11-14-3-2-4-16(18)12-14/h2-4,12,15H,5-11,13H2,1H3. The van der Waals surface area contributed by atoms with Gasteiger partial charge in [0, 0.05) is 24.1 Å². The molecule has 0 aromatic heterocycles. The van der Waals surface area contributed by atoms with Crippen molar-refractivity contribution in [3.05, 3.63) is 34.9 Å². The van der Waals surface area contributed by atoms with E-state index in [0.29, 0.717) is 32.3 Å². The number of benzene rings is 1. The van der Waals surface area contributed by atoms with E-state index in [9.17, 15) is 0 Å². The Hall–Kier alpha value is -0.130. The zero-order valence-corrected chi connectivity index (χ0v) is 14.9. The summed E-state index contributed by atoms with van der Waals surface area (Å²) >= 11 is 9.59. The molecule has 0 aliphatic carbocycles. The van der Waals surface area contributed by atoms with E-state index in [1.54, 1.807) is 7.11 Å². The second kappa shape index (κ2) is 12.4. The van der Waals surface area contributed by atoms with Gasteiger partial charge in [-0.3, -0.25) is 0 Å². The monoisotopic (exact) mass is 378 g/mol. The van der Waals surface area contributed by atoms with Gasteiger partial charge in [0.15, 0.2) is 0 Å². The Morgan fingerprint density at radius 1 is 1.10 bits per heavy atom. The van der Waals surface area contributed by atoms with Gasteiger partial charge < -0.3 is 14.2 Å². The normalized spacial score (nSPS) is 12.5. The third-order valence-electron chi connectivity index (χ3n) is 3.11. The lowest BCUT2D eigenvalue weighted by molar-refractivity contribution is 0.0223. The molecule has 0 amide bonds. The molecular weight excluding hydrogens is 356 g/mol. The average molecular weight is 380 g/mol. The first-order chi connectivity index (χ1) is 10.3. The van der Waals surface area contributed by atoms with E-state index < -0.39 is 0 Å². The molecule has 1 aromatic carbocycles. The highest BCUT2D eigenvalue weighted by molar-refractivity contribution is 9.09. The van der Waals surface area contributed by atoms with Gasteiger partial charge in [-0.2, -0.15) is 0 Å². The van der Waals surface area contributed by atoms with Crippen LogP contribution in [0.5, 0.6) is 0 Å². The quantitative estimate of drug-likeness (QED) is 0.406. The summed E-state index contributed by atoms with van der Waals surface area (Å²) in [5, 5.41) is 1.76. The van der Waals surface area contributed by atoms with E-state index in [1.807, 2.05) is 18.2 Å². The van der Waals surface area contributed by atoms with E-state index >= 15 is 0 Å². The summed E-state index contributed by atoms with van der Waals surface area (Å²) in [6, 6.07) is 8.05. The van der Waals surface area contributed by atoms with Gasteiger partial charge in [0.05, 0.1) is 26.4 Å². The van der Waals surface area contributed by atoms with Crippen LogP contribution in [0.25, 0.3) is 0 Å². The molecule has 0 saturated carbocycles. The summed E-state index contributed by atoms with van der Waals surface area (Å²) in [4.78, 5) is 0. The van der Waals surface area contributed by atoms with Crippen LogP contribution >= 0.6 is 27.5 Å². The Balaban J connectivity index is 2.11. The van der Waals surface area contributed by atoms with Crippen molar-refractivity contribution in [2.75, 3.05) is 45.5 Å². The van der Waals surface area contributed by atoms with Crippen LogP contribution in [-0.2, 0) is 20.6 Å². The van der Waals surface area contributed by atoms with Crippen LogP contribution in [0.4, 0.5) is 0 Å². The van der Waals surface area contributed by atoms with Gasteiger partial charge in [0.2, 0.25) is 0 Å². The van der Waals surface area contributed by atoms with Crippen molar-refractivity contribution in [3.63, 3.8) is 0 Å². The van der Waals surface area contributed by atoms with Crippen LogP contribution in [0.15, 0.2) is 24.3 Å². The van der Waals surface area contributed by atoms with Gasteiger partial charge in [-0.15, -0.1) is 0 Å². The first-order valence-electron chi connectivity index (χ1n) is 7.21. The Labute approximate surface area is 141 Å². The van der Waals surface area contributed by atoms with Gasteiger partial charge >= 0.3 is 0 Å². The first-order valence-corrected chi connectivity index (χ1v) is 8.71. The third-order valence-corrected chi connectivity index (χ3v) is 4.26. The number of alkyl halides is 1. The fourth-order valence-corrected chi connectivity index (χ4v) is 2.71. The highest BCUT2D eigenvalue weighted by Gasteiger charge is 2.08. The fraction of sp³-hybridized carbons (Fsp3) is 0.625. The van der Waals surface area contributed by atoms with E-state index in [1.165, 1.54) is 5.56 Å². The fourth-order valence-electron chi connectivity index (χ4n) is 1.95. The van der Waals surface area contributed by atoms with E-state index in [2.05, 4.69) is 22.0 Å². The molecule has 0 saturated heterocycles. The maximum absolute atomic E-state index is 6.01. The number of hydrogen-bond acceptors (Lipinski definition) is 3. The number of halogens is 2. The number of methoxy groups -OCH3 is 1. The maximum atomic E-state index is 6.01. The van der Waals surface area contributed by atoms with E-state index in [4.69, 9.17) is 25.8 Å². The van der Waals surface area contributed by atoms with Gasteiger partial charge in [-0.1, -0.05) is 39.7 Å². The smallest absolute Gasteiger partial charge is 0.0701 e. The van der Waals surface area contributed by atoms with Crippen LogP contribution in [0, 0.1) is 5.92 Å². The number of hydrogen-bond donors (Lipinski definition) is 0. The predicted molar refractivity (Wildman–Crippen MR) is 90.6 cm³/mol. The molecule has 3 nitrogen and oxygen atoms in total. The van der Waals surface area contributed by atoms with Crippen LogP contribution in [0.1, 0.15) is 12.0 Å². The Bertz CT molecular complexity index is 376. The summed E-state index contributed by atoms with van der Waals surface area (Å²) in [6.07, 6.45) is 2.04. The molecule has 1 rings (SSSR count). The second-order valence-corrected chi connectivity index (χ2v) is 5.94. The van der Waals surface area contributed by atoms with Crippen molar-refractivity contribution in [1.29, 1.82) is 0 Å². The molecule has 0 radical (unpaired) electrons. The second-order valence-electron chi connectivity index (χ2n) is 4.86. The lowest BCUT2D eigenvalue weighted by Gasteiger charge is -2.14. The first kappa shape index (κ1) is 18.9. The molecule has 0 fully saturated rings. The summed E-state index contributed by atoms with van der Waals surface area (Å²) < 4.78 is 15.8. The lowest BCUT2D eigenvalue weighted by Crippen LogP contribution is -2.13. The largest absolute Gasteiger partial charge is 0.382 e. The SMILES string of the molecule is COCCOCCOCCC(CBr)Cc1cccc(Cl)c1. The lowest BCUT2D eigenvalue weighted by atomic mass is 9.98. The molecule has 1 unspecified atom stereocenters. The van der Waals surface area contributed by atoms with Gasteiger partial charge in [0.1, 0.15) is 0 Å². The molecule has 1 atom stereocenters. The van der Waals surface area contributed by atoms with E-state index in [-0.39, 0.29) is 0 Å². The molecule has 21 heavy (non-hydrogen) atoms. The summed E-state index contributed by atoms with van der Waals surface area (Å²) in [6.45, 7) is 3.26. The van der Waals surface area contributed by atoms with Crippen molar-refractivity contribution in [2.45, 2.75) is 12.8 Å². The maximum Gasteiger partial charge on any atom is 0.0701 e. The molecule has 0 N–H and O–H groups in total. The average Bonchev–Trinajstić information content (AvgIpc) is 2.48. The van der Waals surface area contributed by atoms with Crippen molar-refractivity contribution >= 4 is 27.5 Å². The highest BCUT2D eigenvalue weighted by atomic mass is 79.9.